The molecule has 26 heavy (non-hydrogen) atoms. The van der Waals surface area contributed by atoms with Crippen LogP contribution in [0.4, 0.5) is 5.69 Å². The van der Waals surface area contributed by atoms with Crippen LogP contribution in [-0.2, 0) is 14.4 Å². The van der Waals surface area contributed by atoms with E-state index in [0.717, 1.165) is 5.56 Å². The molecule has 0 saturated carbocycles. The molecule has 0 aliphatic rings. The predicted octanol–water partition coefficient (Wildman–Crippen LogP) is 0.948. The Balaban J connectivity index is 1.87. The summed E-state index contributed by atoms with van der Waals surface area (Å²) < 4.78 is 5.16. The summed E-state index contributed by atoms with van der Waals surface area (Å²) in [7, 11) is 0. The lowest BCUT2D eigenvalue weighted by Gasteiger charge is -2.05. The van der Waals surface area contributed by atoms with Gasteiger partial charge in [0.15, 0.2) is 6.61 Å². The first-order valence-electron chi connectivity index (χ1n) is 7.66. The van der Waals surface area contributed by atoms with Gasteiger partial charge in [-0.15, -0.1) is 0 Å². The molecule has 0 heterocycles. The molecule has 134 valence electrons. The van der Waals surface area contributed by atoms with Crippen LogP contribution >= 0.6 is 0 Å². The number of hydrogen-bond acceptors (Lipinski definition) is 5. The van der Waals surface area contributed by atoms with Gasteiger partial charge in [-0.1, -0.05) is 29.8 Å². The van der Waals surface area contributed by atoms with Gasteiger partial charge in [0.1, 0.15) is 5.75 Å². The summed E-state index contributed by atoms with van der Waals surface area (Å²) in [6, 6.07) is 13.7. The van der Waals surface area contributed by atoms with Crippen molar-refractivity contribution in [3.8, 4) is 5.75 Å². The molecule has 0 atom stereocenters. The second kappa shape index (κ2) is 8.97. The Morgan fingerprint density at radius 3 is 2.54 bits per heavy atom. The lowest BCUT2D eigenvalue weighted by Crippen LogP contribution is -2.32. The van der Waals surface area contributed by atoms with E-state index < -0.39 is 17.7 Å². The fourth-order valence-electron chi connectivity index (χ4n) is 1.88. The Labute approximate surface area is 150 Å². The largest absolute Gasteiger partial charge is 0.484 e. The number of rotatable bonds is 6. The fourth-order valence-corrected chi connectivity index (χ4v) is 1.88. The van der Waals surface area contributed by atoms with Crippen LogP contribution in [0.2, 0.25) is 0 Å². The first-order valence-corrected chi connectivity index (χ1v) is 7.66. The average molecular weight is 354 g/mol. The minimum absolute atomic E-state index is 0.240. The Morgan fingerprint density at radius 1 is 1.12 bits per heavy atom. The number of carbonyl (C=O) groups is 3. The van der Waals surface area contributed by atoms with Gasteiger partial charge in [-0.25, -0.2) is 5.43 Å². The van der Waals surface area contributed by atoms with E-state index in [1.165, 1.54) is 6.21 Å². The van der Waals surface area contributed by atoms with Crippen molar-refractivity contribution >= 4 is 29.6 Å². The zero-order valence-electron chi connectivity index (χ0n) is 14.1. The molecule has 0 aliphatic heterocycles. The maximum atomic E-state index is 11.8. The minimum Gasteiger partial charge on any atom is -0.484 e. The molecule has 0 fully saturated rings. The molecule has 0 unspecified atom stereocenters. The Kier molecular flexibility index (Phi) is 6.44. The topological polar surface area (TPSA) is 123 Å². The number of aryl methyl sites for hydroxylation is 1. The van der Waals surface area contributed by atoms with E-state index in [2.05, 4.69) is 15.8 Å². The molecule has 2 aromatic rings. The molecular formula is C18H18N4O4. The van der Waals surface area contributed by atoms with E-state index in [-0.39, 0.29) is 6.61 Å². The van der Waals surface area contributed by atoms with Crippen LogP contribution < -0.4 is 21.2 Å². The molecule has 2 aromatic carbocycles. The first kappa shape index (κ1) is 18.7. The van der Waals surface area contributed by atoms with Gasteiger partial charge in [-0.05, 0) is 36.8 Å². The zero-order chi connectivity index (χ0) is 18.9. The van der Waals surface area contributed by atoms with Gasteiger partial charge in [0.05, 0.1) is 6.21 Å². The van der Waals surface area contributed by atoms with Crippen LogP contribution in [0, 0.1) is 6.92 Å². The van der Waals surface area contributed by atoms with Crippen molar-refractivity contribution in [1.82, 2.24) is 5.43 Å². The van der Waals surface area contributed by atoms with E-state index in [1.54, 1.807) is 36.4 Å². The molecule has 8 nitrogen and oxygen atoms in total. The van der Waals surface area contributed by atoms with Crippen LogP contribution in [0.1, 0.15) is 11.1 Å². The van der Waals surface area contributed by atoms with E-state index in [1.807, 2.05) is 19.1 Å². The maximum Gasteiger partial charge on any atom is 0.329 e. The van der Waals surface area contributed by atoms with Gasteiger partial charge in [-0.2, -0.15) is 5.10 Å². The smallest absolute Gasteiger partial charge is 0.329 e. The van der Waals surface area contributed by atoms with Crippen molar-refractivity contribution in [2.75, 3.05) is 11.9 Å². The quantitative estimate of drug-likeness (QED) is 0.406. The van der Waals surface area contributed by atoms with Crippen molar-refractivity contribution in [2.24, 2.45) is 10.8 Å². The van der Waals surface area contributed by atoms with Crippen molar-refractivity contribution in [3.05, 3.63) is 59.7 Å². The molecule has 0 spiro atoms. The van der Waals surface area contributed by atoms with Crippen LogP contribution in [0.25, 0.3) is 0 Å². The number of nitrogens with one attached hydrogen (secondary N) is 2. The number of primary amides is 1. The third-order valence-corrected chi connectivity index (χ3v) is 3.13. The van der Waals surface area contributed by atoms with Crippen molar-refractivity contribution in [3.63, 3.8) is 0 Å². The molecule has 3 amide bonds. The van der Waals surface area contributed by atoms with E-state index >= 15 is 0 Å². The monoisotopic (exact) mass is 354 g/mol. The summed E-state index contributed by atoms with van der Waals surface area (Å²) in [5, 5.41) is 6.19. The molecular weight excluding hydrogens is 336 g/mol. The second-order valence-electron chi connectivity index (χ2n) is 5.35. The minimum atomic E-state index is -0.900. The molecule has 0 aromatic heterocycles. The summed E-state index contributed by atoms with van der Waals surface area (Å²) in [6.45, 7) is 1.68. The SMILES string of the molecule is Cc1ccc(NC(=O)C(=O)N/N=C/c2cccc(OCC(N)=O)c2)cc1. The van der Waals surface area contributed by atoms with E-state index in [0.29, 0.717) is 17.0 Å². The first-order chi connectivity index (χ1) is 12.4. The van der Waals surface area contributed by atoms with Crippen molar-refractivity contribution < 1.29 is 19.1 Å². The van der Waals surface area contributed by atoms with Gasteiger partial charge >= 0.3 is 11.8 Å². The third kappa shape index (κ3) is 6.08. The highest BCUT2D eigenvalue weighted by Crippen LogP contribution is 2.11. The highest BCUT2D eigenvalue weighted by Gasteiger charge is 2.12. The Hall–Kier alpha value is -3.68. The van der Waals surface area contributed by atoms with Gasteiger partial charge < -0.3 is 15.8 Å². The standard InChI is InChI=1S/C18H18N4O4/c1-12-5-7-14(8-6-12)21-17(24)18(25)22-20-10-13-3-2-4-15(9-13)26-11-16(19)23/h2-10H,11H2,1H3,(H2,19,23)(H,21,24)(H,22,25)/b20-10+. The van der Waals surface area contributed by atoms with Gasteiger partial charge in [0.25, 0.3) is 5.91 Å². The Bertz CT molecular complexity index is 831. The summed E-state index contributed by atoms with van der Waals surface area (Å²) >= 11 is 0. The van der Waals surface area contributed by atoms with Crippen molar-refractivity contribution in [2.45, 2.75) is 6.92 Å². The van der Waals surface area contributed by atoms with Crippen LogP contribution in [0.5, 0.6) is 5.75 Å². The van der Waals surface area contributed by atoms with Crippen LogP contribution in [0.15, 0.2) is 53.6 Å². The lowest BCUT2D eigenvalue weighted by molar-refractivity contribution is -0.136. The van der Waals surface area contributed by atoms with E-state index in [9.17, 15) is 14.4 Å². The number of hydrazone groups is 1. The van der Waals surface area contributed by atoms with Gasteiger partial charge in [0, 0.05) is 5.69 Å². The summed E-state index contributed by atoms with van der Waals surface area (Å²) in [5.41, 5.74) is 9.30. The third-order valence-electron chi connectivity index (χ3n) is 3.13. The van der Waals surface area contributed by atoms with Crippen LogP contribution in [0.3, 0.4) is 0 Å². The summed E-state index contributed by atoms with van der Waals surface area (Å²) in [5.74, 6) is -1.89. The number of anilines is 1. The normalized spacial score (nSPS) is 10.3. The Morgan fingerprint density at radius 2 is 1.85 bits per heavy atom. The number of nitrogens with zero attached hydrogens (tertiary/aromatic N) is 1. The maximum absolute atomic E-state index is 11.8. The predicted molar refractivity (Wildman–Crippen MR) is 96.7 cm³/mol. The fraction of sp³-hybridized carbons (Fsp3) is 0.111. The van der Waals surface area contributed by atoms with Gasteiger partial charge in [-0.3, -0.25) is 14.4 Å². The average Bonchev–Trinajstić information content (AvgIpc) is 2.62. The number of ether oxygens (including phenoxy) is 1. The number of hydrogen-bond donors (Lipinski definition) is 3. The molecule has 0 radical (unpaired) electrons. The second-order valence-corrected chi connectivity index (χ2v) is 5.35. The van der Waals surface area contributed by atoms with Crippen molar-refractivity contribution in [1.29, 1.82) is 0 Å². The molecule has 0 aliphatic carbocycles. The lowest BCUT2D eigenvalue weighted by atomic mass is 10.2. The van der Waals surface area contributed by atoms with Gasteiger partial charge in [0.2, 0.25) is 0 Å². The summed E-state index contributed by atoms with van der Waals surface area (Å²) in [4.78, 5) is 34.2. The molecule has 0 bridgehead atoms. The zero-order valence-corrected chi connectivity index (χ0v) is 14.1. The highest BCUT2D eigenvalue weighted by molar-refractivity contribution is 6.39. The molecule has 2 rings (SSSR count). The highest BCUT2D eigenvalue weighted by atomic mass is 16.5. The molecule has 8 heteroatoms. The summed E-state index contributed by atoms with van der Waals surface area (Å²) in [6.07, 6.45) is 1.34. The van der Waals surface area contributed by atoms with Crippen LogP contribution in [-0.4, -0.2) is 30.5 Å². The number of benzene rings is 2. The van der Waals surface area contributed by atoms with E-state index in [4.69, 9.17) is 10.5 Å². The number of carbonyl (C=O) groups excluding carboxylic acids is 3. The molecule has 4 N–H and O–H groups in total. The molecule has 0 saturated heterocycles. The number of nitrogens with two attached hydrogens (primary N) is 1. The number of amides is 3.